The first kappa shape index (κ1) is 15.4. The summed E-state index contributed by atoms with van der Waals surface area (Å²) >= 11 is 30.1. The maximum atomic E-state index is 6.39. The zero-order valence-corrected chi connectivity index (χ0v) is 12.0. The molecule has 0 aliphatic rings. The van der Waals surface area contributed by atoms with Crippen molar-refractivity contribution in [3.05, 3.63) is 0 Å². The van der Waals surface area contributed by atoms with Crippen molar-refractivity contribution in [2.45, 2.75) is 47.7 Å². The number of hydrogen-bond donors (Lipinski definition) is 0. The second kappa shape index (κ2) is 6.91. The van der Waals surface area contributed by atoms with Gasteiger partial charge in [-0.05, 0) is 26.7 Å². The van der Waals surface area contributed by atoms with Crippen LogP contribution in [-0.2, 0) is 0 Å². The lowest BCUT2D eigenvalue weighted by atomic mass is 9.93. The maximum Gasteiger partial charge on any atom is 0.0689 e. The van der Waals surface area contributed by atoms with Crippen molar-refractivity contribution < 1.29 is 0 Å². The molecule has 0 radical (unpaired) electrons. The molecule has 86 valence electrons. The molecule has 0 amide bonds. The summed E-state index contributed by atoms with van der Waals surface area (Å²) in [7, 11) is 0. The topological polar surface area (TPSA) is 0 Å². The van der Waals surface area contributed by atoms with Crippen LogP contribution >= 0.6 is 58.0 Å². The van der Waals surface area contributed by atoms with E-state index in [-0.39, 0.29) is 16.1 Å². The summed E-state index contributed by atoms with van der Waals surface area (Å²) < 4.78 is 0. The zero-order valence-electron chi connectivity index (χ0n) is 8.24. The van der Waals surface area contributed by atoms with E-state index in [1.165, 1.54) is 0 Å². The van der Waals surface area contributed by atoms with E-state index >= 15 is 0 Å². The molecule has 4 atom stereocenters. The lowest BCUT2D eigenvalue weighted by Gasteiger charge is -2.33. The molecular weight excluding hydrogens is 285 g/mol. The van der Waals surface area contributed by atoms with Crippen LogP contribution in [0.15, 0.2) is 0 Å². The predicted octanol–water partition coefficient (Wildman–Crippen LogP) is 4.85. The number of hydrogen-bond acceptors (Lipinski definition) is 0. The zero-order chi connectivity index (χ0) is 11.4. The van der Waals surface area contributed by atoms with Crippen LogP contribution in [0.3, 0.4) is 0 Å². The van der Waals surface area contributed by atoms with Gasteiger partial charge < -0.3 is 0 Å². The molecule has 5 heteroatoms. The first-order chi connectivity index (χ1) is 6.33. The fourth-order valence-corrected chi connectivity index (χ4v) is 3.20. The highest BCUT2D eigenvalue weighted by molar-refractivity contribution is 6.37. The quantitative estimate of drug-likeness (QED) is 0.615. The molecular formula is C9H15Cl5. The minimum atomic E-state index is -0.606. The minimum absolute atomic E-state index is 0.0348. The van der Waals surface area contributed by atoms with Gasteiger partial charge in [0.2, 0.25) is 0 Å². The van der Waals surface area contributed by atoms with Gasteiger partial charge in [-0.25, -0.2) is 0 Å². The van der Waals surface area contributed by atoms with Gasteiger partial charge in [0, 0.05) is 16.6 Å². The number of halogens is 5. The van der Waals surface area contributed by atoms with Crippen LogP contribution < -0.4 is 0 Å². The monoisotopic (exact) mass is 298 g/mol. The van der Waals surface area contributed by atoms with Crippen molar-refractivity contribution in [2.24, 2.45) is 0 Å². The summed E-state index contributed by atoms with van der Waals surface area (Å²) in [6, 6.07) is 0. The molecule has 0 aromatic rings. The average molecular weight is 300 g/mol. The van der Waals surface area contributed by atoms with Gasteiger partial charge in [0.25, 0.3) is 0 Å². The normalized spacial score (nSPS) is 22.5. The molecule has 14 heavy (non-hydrogen) atoms. The van der Waals surface area contributed by atoms with E-state index < -0.39 is 4.87 Å². The lowest BCUT2D eigenvalue weighted by Crippen LogP contribution is -2.40. The Balaban J connectivity index is 4.52. The van der Waals surface area contributed by atoms with E-state index in [2.05, 4.69) is 0 Å². The molecule has 0 heterocycles. The van der Waals surface area contributed by atoms with Crippen molar-refractivity contribution in [3.8, 4) is 0 Å². The fourth-order valence-electron chi connectivity index (χ4n) is 1.39. The van der Waals surface area contributed by atoms with E-state index in [0.29, 0.717) is 18.7 Å². The maximum absolute atomic E-state index is 6.39. The molecule has 0 rings (SSSR count). The van der Waals surface area contributed by atoms with E-state index in [1.54, 1.807) is 0 Å². The molecule has 0 N–H and O–H groups in total. The number of rotatable bonds is 6. The van der Waals surface area contributed by atoms with E-state index in [4.69, 9.17) is 58.0 Å². The smallest absolute Gasteiger partial charge is 0.0689 e. The Morgan fingerprint density at radius 2 is 1.64 bits per heavy atom. The standard InChI is InChI=1S/C9H15Cl5/c1-6(11)5-9(14,3-4-10)8(13)7(2)12/h6-8H,3-5H2,1-2H3. The summed E-state index contributed by atoms with van der Waals surface area (Å²) in [5.74, 6) is 0.458. The van der Waals surface area contributed by atoms with Gasteiger partial charge >= 0.3 is 0 Å². The second-order valence-electron chi connectivity index (χ2n) is 3.54. The van der Waals surface area contributed by atoms with Gasteiger partial charge in [0.05, 0.1) is 10.3 Å². The molecule has 0 aromatic heterocycles. The van der Waals surface area contributed by atoms with Crippen molar-refractivity contribution in [1.29, 1.82) is 0 Å². The Morgan fingerprint density at radius 1 is 1.14 bits per heavy atom. The van der Waals surface area contributed by atoms with Crippen molar-refractivity contribution in [2.75, 3.05) is 5.88 Å². The highest BCUT2D eigenvalue weighted by atomic mass is 35.5. The molecule has 0 saturated carbocycles. The van der Waals surface area contributed by atoms with Crippen LogP contribution in [0, 0.1) is 0 Å². The molecule has 0 aliphatic heterocycles. The fraction of sp³-hybridized carbons (Fsp3) is 1.00. The first-order valence-electron chi connectivity index (χ1n) is 4.50. The predicted molar refractivity (Wildman–Crippen MR) is 68.8 cm³/mol. The van der Waals surface area contributed by atoms with Gasteiger partial charge in [-0.1, -0.05) is 0 Å². The van der Waals surface area contributed by atoms with Crippen LogP contribution in [-0.4, -0.2) is 26.9 Å². The third kappa shape index (κ3) is 4.99. The van der Waals surface area contributed by atoms with Gasteiger partial charge in [-0.2, -0.15) is 0 Å². The molecule has 0 aromatic carbocycles. The summed E-state index contributed by atoms with van der Waals surface area (Å²) in [5.41, 5.74) is 0. The molecule has 4 unspecified atom stereocenters. The molecule has 0 bridgehead atoms. The summed E-state index contributed by atoms with van der Waals surface area (Å²) in [6.45, 7) is 3.71. The van der Waals surface area contributed by atoms with Crippen LogP contribution in [0.4, 0.5) is 0 Å². The Bertz CT molecular complexity index is 159. The lowest BCUT2D eigenvalue weighted by molar-refractivity contribution is 0.480. The van der Waals surface area contributed by atoms with Crippen LogP contribution in [0.1, 0.15) is 26.7 Å². The second-order valence-corrected chi connectivity index (χ2v) is 6.57. The Morgan fingerprint density at radius 3 is 1.93 bits per heavy atom. The van der Waals surface area contributed by atoms with E-state index in [1.807, 2.05) is 13.8 Å². The number of alkyl halides is 5. The summed E-state index contributed by atoms with van der Waals surface area (Å²) in [4.78, 5) is -0.606. The van der Waals surface area contributed by atoms with Gasteiger partial charge in [-0.15, -0.1) is 58.0 Å². The summed E-state index contributed by atoms with van der Waals surface area (Å²) in [6.07, 6.45) is 1.21. The molecule has 0 aliphatic carbocycles. The summed E-state index contributed by atoms with van der Waals surface area (Å²) in [5, 5.41) is -0.564. The van der Waals surface area contributed by atoms with E-state index in [0.717, 1.165) is 0 Å². The van der Waals surface area contributed by atoms with Crippen molar-refractivity contribution in [3.63, 3.8) is 0 Å². The molecule has 0 fully saturated rings. The Labute approximate surface area is 111 Å². The first-order valence-corrected chi connectivity index (χ1v) is 6.72. The minimum Gasteiger partial charge on any atom is -0.127 e. The molecule has 0 spiro atoms. The third-order valence-corrected chi connectivity index (χ3v) is 4.24. The van der Waals surface area contributed by atoms with Crippen LogP contribution in [0.5, 0.6) is 0 Å². The van der Waals surface area contributed by atoms with Crippen LogP contribution in [0.25, 0.3) is 0 Å². The highest BCUT2D eigenvalue weighted by Crippen LogP contribution is 2.38. The average Bonchev–Trinajstić information content (AvgIpc) is 2.01. The SMILES string of the molecule is CC(Cl)CC(Cl)(CCCl)C(Cl)C(C)Cl. The van der Waals surface area contributed by atoms with Crippen molar-refractivity contribution >= 4 is 58.0 Å². The Kier molecular flexibility index (Phi) is 7.63. The molecule has 0 nitrogen and oxygen atoms in total. The van der Waals surface area contributed by atoms with Crippen LogP contribution in [0.2, 0.25) is 0 Å². The Hall–Kier alpha value is 1.45. The van der Waals surface area contributed by atoms with Crippen molar-refractivity contribution in [1.82, 2.24) is 0 Å². The molecule has 0 saturated heterocycles. The largest absolute Gasteiger partial charge is 0.127 e. The highest BCUT2D eigenvalue weighted by Gasteiger charge is 2.38. The van der Waals surface area contributed by atoms with E-state index in [9.17, 15) is 0 Å². The van der Waals surface area contributed by atoms with Gasteiger partial charge in [0.1, 0.15) is 0 Å². The van der Waals surface area contributed by atoms with Gasteiger partial charge in [0.15, 0.2) is 0 Å². The van der Waals surface area contributed by atoms with Gasteiger partial charge in [-0.3, -0.25) is 0 Å². The third-order valence-electron chi connectivity index (χ3n) is 2.03.